The van der Waals surface area contributed by atoms with Crippen molar-refractivity contribution in [1.29, 1.82) is 0 Å². The first-order valence-corrected chi connectivity index (χ1v) is 5.86. The molecular weight excluding hydrogens is 186 g/mol. The van der Waals surface area contributed by atoms with E-state index in [1.54, 1.807) is 0 Å². The Kier molecular flexibility index (Phi) is 5.93. The Morgan fingerprint density at radius 2 is 1.93 bits per heavy atom. The summed E-state index contributed by atoms with van der Waals surface area (Å²) in [5.41, 5.74) is 0. The van der Waals surface area contributed by atoms with Gasteiger partial charge in [0, 0.05) is 24.9 Å². The molecule has 0 spiro atoms. The van der Waals surface area contributed by atoms with Crippen molar-refractivity contribution in [2.75, 3.05) is 6.54 Å². The summed E-state index contributed by atoms with van der Waals surface area (Å²) in [5.74, 6) is 0.944. The van der Waals surface area contributed by atoms with Crippen molar-refractivity contribution in [2.45, 2.75) is 45.6 Å². The molecule has 0 aliphatic carbocycles. The first-order chi connectivity index (χ1) is 7.36. The summed E-state index contributed by atoms with van der Waals surface area (Å²) in [4.78, 5) is 8.52. The van der Waals surface area contributed by atoms with Crippen molar-refractivity contribution in [3.8, 4) is 0 Å². The van der Waals surface area contributed by atoms with Gasteiger partial charge in [-0.1, -0.05) is 20.3 Å². The minimum absolute atomic E-state index is 0.525. The number of hydrogen-bond donors (Lipinski definition) is 1. The Balaban J connectivity index is 2.43. The van der Waals surface area contributed by atoms with Crippen molar-refractivity contribution < 1.29 is 0 Å². The van der Waals surface area contributed by atoms with Crippen LogP contribution in [0.3, 0.4) is 0 Å². The SMILES string of the molecule is CCCNC(CCC)Cc1ncccn1. The highest BCUT2D eigenvalue weighted by Gasteiger charge is 2.08. The van der Waals surface area contributed by atoms with Gasteiger partial charge >= 0.3 is 0 Å². The van der Waals surface area contributed by atoms with Crippen molar-refractivity contribution in [1.82, 2.24) is 15.3 Å². The van der Waals surface area contributed by atoms with E-state index in [1.165, 1.54) is 19.3 Å². The largest absolute Gasteiger partial charge is 0.314 e. The third-order valence-corrected chi connectivity index (χ3v) is 2.37. The van der Waals surface area contributed by atoms with E-state index in [1.807, 2.05) is 18.5 Å². The van der Waals surface area contributed by atoms with E-state index in [9.17, 15) is 0 Å². The third kappa shape index (κ3) is 4.88. The Hall–Kier alpha value is -0.960. The molecule has 1 atom stereocenters. The van der Waals surface area contributed by atoms with E-state index in [2.05, 4.69) is 29.1 Å². The van der Waals surface area contributed by atoms with Crippen LogP contribution >= 0.6 is 0 Å². The molecule has 1 N–H and O–H groups in total. The topological polar surface area (TPSA) is 37.8 Å². The van der Waals surface area contributed by atoms with Gasteiger partial charge in [0.05, 0.1) is 0 Å². The average Bonchev–Trinajstić information content (AvgIpc) is 2.28. The molecule has 0 aromatic carbocycles. The van der Waals surface area contributed by atoms with Crippen LogP contribution in [0.25, 0.3) is 0 Å². The molecule has 1 aromatic rings. The Morgan fingerprint density at radius 1 is 1.20 bits per heavy atom. The number of nitrogens with one attached hydrogen (secondary N) is 1. The van der Waals surface area contributed by atoms with Crippen molar-refractivity contribution >= 4 is 0 Å². The van der Waals surface area contributed by atoms with E-state index < -0.39 is 0 Å². The molecule has 1 aromatic heterocycles. The molecule has 0 aliphatic rings. The van der Waals surface area contributed by atoms with Crippen LogP contribution in [0.4, 0.5) is 0 Å². The minimum atomic E-state index is 0.525. The van der Waals surface area contributed by atoms with E-state index in [-0.39, 0.29) is 0 Å². The summed E-state index contributed by atoms with van der Waals surface area (Å²) in [6.07, 6.45) is 8.13. The fraction of sp³-hybridized carbons (Fsp3) is 0.667. The fourth-order valence-electron chi connectivity index (χ4n) is 1.63. The molecule has 15 heavy (non-hydrogen) atoms. The van der Waals surface area contributed by atoms with E-state index in [0.717, 1.165) is 18.8 Å². The summed E-state index contributed by atoms with van der Waals surface area (Å²) in [6, 6.07) is 2.38. The smallest absolute Gasteiger partial charge is 0.129 e. The standard InChI is InChI=1S/C12H21N3/c1-3-6-11(13-7-4-2)10-12-14-8-5-9-15-12/h5,8-9,11,13H,3-4,6-7,10H2,1-2H3. The van der Waals surface area contributed by atoms with Crippen LogP contribution < -0.4 is 5.32 Å². The van der Waals surface area contributed by atoms with Gasteiger partial charge in [-0.25, -0.2) is 9.97 Å². The predicted molar refractivity (Wildman–Crippen MR) is 62.7 cm³/mol. The maximum atomic E-state index is 4.26. The molecule has 1 heterocycles. The summed E-state index contributed by atoms with van der Waals surface area (Å²) in [6.45, 7) is 5.49. The Morgan fingerprint density at radius 3 is 2.53 bits per heavy atom. The lowest BCUT2D eigenvalue weighted by atomic mass is 10.1. The van der Waals surface area contributed by atoms with E-state index in [0.29, 0.717) is 6.04 Å². The predicted octanol–water partition coefficient (Wildman–Crippen LogP) is 2.19. The third-order valence-electron chi connectivity index (χ3n) is 2.37. The molecule has 3 nitrogen and oxygen atoms in total. The van der Waals surface area contributed by atoms with Gasteiger partial charge in [0.1, 0.15) is 5.82 Å². The highest BCUT2D eigenvalue weighted by molar-refractivity contribution is 4.91. The van der Waals surface area contributed by atoms with Crippen molar-refractivity contribution in [2.24, 2.45) is 0 Å². The van der Waals surface area contributed by atoms with Crippen LogP contribution in [-0.2, 0) is 6.42 Å². The fourth-order valence-corrected chi connectivity index (χ4v) is 1.63. The van der Waals surface area contributed by atoms with Gasteiger partial charge in [-0.2, -0.15) is 0 Å². The van der Waals surface area contributed by atoms with Gasteiger partial charge in [-0.15, -0.1) is 0 Å². The lowest BCUT2D eigenvalue weighted by molar-refractivity contribution is 0.465. The summed E-state index contributed by atoms with van der Waals surface area (Å²) >= 11 is 0. The number of hydrogen-bond acceptors (Lipinski definition) is 3. The summed E-state index contributed by atoms with van der Waals surface area (Å²) < 4.78 is 0. The highest BCUT2D eigenvalue weighted by atomic mass is 14.9. The maximum Gasteiger partial charge on any atom is 0.129 e. The first kappa shape index (κ1) is 12.1. The van der Waals surface area contributed by atoms with Gasteiger partial charge < -0.3 is 5.32 Å². The lowest BCUT2D eigenvalue weighted by Crippen LogP contribution is -2.32. The summed E-state index contributed by atoms with van der Waals surface area (Å²) in [7, 11) is 0. The normalized spacial score (nSPS) is 12.7. The second-order valence-electron chi connectivity index (χ2n) is 3.81. The van der Waals surface area contributed by atoms with Crippen LogP contribution in [0.1, 0.15) is 38.9 Å². The Labute approximate surface area is 92.3 Å². The first-order valence-electron chi connectivity index (χ1n) is 5.86. The van der Waals surface area contributed by atoms with E-state index >= 15 is 0 Å². The van der Waals surface area contributed by atoms with Gasteiger partial charge in [0.2, 0.25) is 0 Å². The van der Waals surface area contributed by atoms with Crippen LogP contribution in [0.2, 0.25) is 0 Å². The van der Waals surface area contributed by atoms with Crippen molar-refractivity contribution in [3.05, 3.63) is 24.3 Å². The molecule has 0 bridgehead atoms. The van der Waals surface area contributed by atoms with Crippen LogP contribution in [-0.4, -0.2) is 22.6 Å². The molecule has 0 radical (unpaired) electrons. The van der Waals surface area contributed by atoms with Gasteiger partial charge in [0.15, 0.2) is 0 Å². The molecule has 1 rings (SSSR count). The highest BCUT2D eigenvalue weighted by Crippen LogP contribution is 2.03. The van der Waals surface area contributed by atoms with Gasteiger partial charge in [0.25, 0.3) is 0 Å². The molecule has 1 unspecified atom stereocenters. The summed E-state index contributed by atoms with van der Waals surface area (Å²) in [5, 5.41) is 3.54. The quantitative estimate of drug-likeness (QED) is 0.744. The second-order valence-corrected chi connectivity index (χ2v) is 3.81. The molecule has 0 saturated heterocycles. The van der Waals surface area contributed by atoms with Crippen LogP contribution in [0, 0.1) is 0 Å². The number of nitrogens with zero attached hydrogens (tertiary/aromatic N) is 2. The minimum Gasteiger partial charge on any atom is -0.314 e. The average molecular weight is 207 g/mol. The molecule has 0 saturated carbocycles. The molecule has 0 fully saturated rings. The maximum absolute atomic E-state index is 4.26. The Bertz CT molecular complexity index is 248. The van der Waals surface area contributed by atoms with Gasteiger partial charge in [-0.05, 0) is 25.5 Å². The monoisotopic (exact) mass is 207 g/mol. The molecule has 84 valence electrons. The van der Waals surface area contributed by atoms with Crippen LogP contribution in [0.15, 0.2) is 18.5 Å². The van der Waals surface area contributed by atoms with Crippen molar-refractivity contribution in [3.63, 3.8) is 0 Å². The molecular formula is C12H21N3. The number of aromatic nitrogens is 2. The zero-order valence-corrected chi connectivity index (χ0v) is 9.74. The zero-order valence-electron chi connectivity index (χ0n) is 9.74. The molecule has 0 amide bonds. The lowest BCUT2D eigenvalue weighted by Gasteiger charge is -2.16. The zero-order chi connectivity index (χ0) is 10.9. The number of rotatable bonds is 7. The molecule has 3 heteroatoms. The van der Waals surface area contributed by atoms with Crippen LogP contribution in [0.5, 0.6) is 0 Å². The van der Waals surface area contributed by atoms with Gasteiger partial charge in [-0.3, -0.25) is 0 Å². The second kappa shape index (κ2) is 7.35. The van der Waals surface area contributed by atoms with E-state index in [4.69, 9.17) is 0 Å². The molecule has 0 aliphatic heterocycles.